The Kier molecular flexibility index (Phi) is 4.51. The van der Waals surface area contributed by atoms with Gasteiger partial charge in [-0.2, -0.15) is 0 Å². The van der Waals surface area contributed by atoms with Crippen LogP contribution in [0.5, 0.6) is 0 Å². The molecule has 2 rings (SSSR count). The number of carboxylic acids is 1. The van der Waals surface area contributed by atoms with Crippen molar-refractivity contribution in [3.05, 3.63) is 49.9 Å². The Hall–Kier alpha value is -1.73. The molecule has 0 fully saturated rings. The maximum atomic E-state index is 12.0. The zero-order chi connectivity index (χ0) is 14.7. The smallest absolute Gasteiger partial charge is 0.355 e. The number of thiazole rings is 1. The fraction of sp³-hybridized carbons (Fsp3) is 0.154. The van der Waals surface area contributed by atoms with Crippen LogP contribution in [0.1, 0.15) is 31.4 Å². The third-order valence-electron chi connectivity index (χ3n) is 2.60. The third kappa shape index (κ3) is 3.43. The third-order valence-corrected chi connectivity index (χ3v) is 3.95. The molecule has 2 N–H and O–H groups in total. The number of aromatic carboxylic acids is 1. The molecule has 0 aliphatic carbocycles. The van der Waals surface area contributed by atoms with Crippen LogP contribution in [-0.2, 0) is 6.54 Å². The van der Waals surface area contributed by atoms with Gasteiger partial charge in [-0.15, -0.1) is 11.3 Å². The summed E-state index contributed by atoms with van der Waals surface area (Å²) in [6, 6.07) is 5.40. The predicted molar refractivity (Wildman–Crippen MR) is 79.1 cm³/mol. The van der Waals surface area contributed by atoms with Crippen molar-refractivity contribution >= 4 is 39.1 Å². The standard InChI is InChI=1S/C13H11BrN2O3S/c1-7-4-8(14)2-3-9(7)12(17)15-5-11-16-10(6-20-11)13(18)19/h2-4,6H,5H2,1H3,(H,15,17)(H,18,19). The number of carbonyl (C=O) groups excluding carboxylic acids is 1. The second-order valence-corrected chi connectivity index (χ2v) is 5.93. The minimum absolute atomic E-state index is 0.000860. The highest BCUT2D eigenvalue weighted by Gasteiger charge is 2.12. The summed E-state index contributed by atoms with van der Waals surface area (Å²) in [4.78, 5) is 26.6. The molecule has 0 saturated heterocycles. The molecule has 1 aromatic heterocycles. The number of benzene rings is 1. The second kappa shape index (κ2) is 6.15. The Bertz CT molecular complexity index is 669. The summed E-state index contributed by atoms with van der Waals surface area (Å²) in [6.45, 7) is 2.07. The van der Waals surface area contributed by atoms with Crippen molar-refractivity contribution in [2.75, 3.05) is 0 Å². The zero-order valence-corrected chi connectivity index (χ0v) is 12.9. The molecular formula is C13H11BrN2O3S. The molecule has 20 heavy (non-hydrogen) atoms. The van der Waals surface area contributed by atoms with Crippen LogP contribution in [0.25, 0.3) is 0 Å². The summed E-state index contributed by atoms with van der Waals surface area (Å²) in [7, 11) is 0. The normalized spacial score (nSPS) is 10.3. The molecule has 0 saturated carbocycles. The largest absolute Gasteiger partial charge is 0.476 e. The fourth-order valence-corrected chi connectivity index (χ4v) is 2.81. The maximum Gasteiger partial charge on any atom is 0.355 e. The number of hydrogen-bond acceptors (Lipinski definition) is 4. The van der Waals surface area contributed by atoms with E-state index in [0.717, 1.165) is 10.0 Å². The monoisotopic (exact) mass is 354 g/mol. The predicted octanol–water partition coefficient (Wildman–Crippen LogP) is 2.84. The van der Waals surface area contributed by atoms with Crippen LogP contribution in [0, 0.1) is 6.92 Å². The Balaban J connectivity index is 2.02. The van der Waals surface area contributed by atoms with Gasteiger partial charge in [0.25, 0.3) is 5.91 Å². The van der Waals surface area contributed by atoms with Crippen LogP contribution >= 0.6 is 27.3 Å². The lowest BCUT2D eigenvalue weighted by Gasteiger charge is -2.06. The maximum absolute atomic E-state index is 12.0. The SMILES string of the molecule is Cc1cc(Br)ccc1C(=O)NCc1nc(C(=O)O)cs1. The van der Waals surface area contributed by atoms with Crippen LogP contribution in [0.4, 0.5) is 0 Å². The van der Waals surface area contributed by atoms with E-state index in [2.05, 4.69) is 26.2 Å². The minimum atomic E-state index is -1.07. The van der Waals surface area contributed by atoms with Gasteiger partial charge in [-0.3, -0.25) is 4.79 Å². The Morgan fingerprint density at radius 2 is 2.20 bits per heavy atom. The van der Waals surface area contributed by atoms with Crippen LogP contribution in [0.15, 0.2) is 28.1 Å². The Morgan fingerprint density at radius 3 is 2.80 bits per heavy atom. The van der Waals surface area contributed by atoms with Crippen LogP contribution in [0.3, 0.4) is 0 Å². The zero-order valence-electron chi connectivity index (χ0n) is 10.5. The fourth-order valence-electron chi connectivity index (χ4n) is 1.62. The first-order valence-corrected chi connectivity index (χ1v) is 7.36. The molecule has 2 aromatic rings. The number of nitrogens with one attached hydrogen (secondary N) is 1. The first-order chi connectivity index (χ1) is 9.47. The summed E-state index contributed by atoms with van der Waals surface area (Å²) in [5.74, 6) is -1.27. The Labute approximate surface area is 127 Å². The van der Waals surface area contributed by atoms with Gasteiger partial charge in [-0.25, -0.2) is 9.78 Å². The van der Waals surface area contributed by atoms with Crippen LogP contribution < -0.4 is 5.32 Å². The quantitative estimate of drug-likeness (QED) is 0.884. The molecule has 1 heterocycles. The van der Waals surface area contributed by atoms with E-state index in [9.17, 15) is 9.59 Å². The van der Waals surface area contributed by atoms with Crippen molar-refractivity contribution in [1.29, 1.82) is 0 Å². The van der Waals surface area contributed by atoms with Crippen LogP contribution in [-0.4, -0.2) is 22.0 Å². The molecule has 0 aliphatic rings. The van der Waals surface area contributed by atoms with Crippen molar-refractivity contribution < 1.29 is 14.7 Å². The average molecular weight is 355 g/mol. The molecular weight excluding hydrogens is 344 g/mol. The number of carbonyl (C=O) groups is 2. The van der Waals surface area contributed by atoms with Crippen LogP contribution in [0.2, 0.25) is 0 Å². The van der Waals surface area contributed by atoms with Crippen molar-refractivity contribution in [3.8, 4) is 0 Å². The highest BCUT2D eigenvalue weighted by atomic mass is 79.9. The lowest BCUT2D eigenvalue weighted by Crippen LogP contribution is -2.23. The van der Waals surface area contributed by atoms with Gasteiger partial charge in [0.15, 0.2) is 5.69 Å². The summed E-state index contributed by atoms with van der Waals surface area (Å²) in [5, 5.41) is 13.5. The van der Waals surface area contributed by atoms with Crippen molar-refractivity contribution in [2.24, 2.45) is 0 Å². The van der Waals surface area contributed by atoms with Gasteiger partial charge in [-0.1, -0.05) is 15.9 Å². The number of nitrogens with zero attached hydrogens (tertiary/aromatic N) is 1. The molecule has 0 unspecified atom stereocenters. The number of halogens is 1. The van der Waals surface area contributed by atoms with E-state index in [1.807, 2.05) is 13.0 Å². The number of amides is 1. The number of hydrogen-bond donors (Lipinski definition) is 2. The molecule has 1 amide bonds. The molecule has 0 spiro atoms. The number of rotatable bonds is 4. The average Bonchev–Trinajstić information content (AvgIpc) is 2.85. The van der Waals surface area contributed by atoms with E-state index in [4.69, 9.17) is 5.11 Å². The van der Waals surface area contributed by atoms with E-state index in [0.29, 0.717) is 10.6 Å². The Morgan fingerprint density at radius 1 is 1.45 bits per heavy atom. The lowest BCUT2D eigenvalue weighted by atomic mass is 10.1. The molecule has 0 bridgehead atoms. The van der Waals surface area contributed by atoms with Gasteiger partial charge in [0.1, 0.15) is 5.01 Å². The number of aryl methyl sites for hydroxylation is 1. The van der Waals surface area contributed by atoms with Gasteiger partial charge in [0, 0.05) is 15.4 Å². The second-order valence-electron chi connectivity index (χ2n) is 4.07. The first kappa shape index (κ1) is 14.7. The topological polar surface area (TPSA) is 79.3 Å². The molecule has 0 aliphatic heterocycles. The van der Waals surface area contributed by atoms with E-state index < -0.39 is 5.97 Å². The molecule has 5 nitrogen and oxygen atoms in total. The highest BCUT2D eigenvalue weighted by molar-refractivity contribution is 9.10. The molecule has 0 radical (unpaired) electrons. The summed E-state index contributed by atoms with van der Waals surface area (Å²) in [5.41, 5.74) is 1.45. The lowest BCUT2D eigenvalue weighted by molar-refractivity contribution is 0.0691. The summed E-state index contributed by atoms with van der Waals surface area (Å²) < 4.78 is 0.914. The number of carboxylic acid groups (broad SMARTS) is 1. The van der Waals surface area contributed by atoms with Crippen molar-refractivity contribution in [2.45, 2.75) is 13.5 Å². The molecule has 1 aromatic carbocycles. The van der Waals surface area contributed by atoms with Gasteiger partial charge in [0.2, 0.25) is 0 Å². The first-order valence-electron chi connectivity index (χ1n) is 5.69. The van der Waals surface area contributed by atoms with E-state index >= 15 is 0 Å². The molecule has 104 valence electrons. The number of aromatic nitrogens is 1. The van der Waals surface area contributed by atoms with Crippen molar-refractivity contribution in [1.82, 2.24) is 10.3 Å². The highest BCUT2D eigenvalue weighted by Crippen LogP contribution is 2.16. The van der Waals surface area contributed by atoms with E-state index in [-0.39, 0.29) is 18.1 Å². The minimum Gasteiger partial charge on any atom is -0.476 e. The van der Waals surface area contributed by atoms with Crippen molar-refractivity contribution in [3.63, 3.8) is 0 Å². The van der Waals surface area contributed by atoms with Gasteiger partial charge in [0.05, 0.1) is 6.54 Å². The molecule has 0 atom stereocenters. The summed E-state index contributed by atoms with van der Waals surface area (Å²) >= 11 is 4.55. The molecule has 7 heteroatoms. The van der Waals surface area contributed by atoms with E-state index in [1.54, 1.807) is 12.1 Å². The van der Waals surface area contributed by atoms with Gasteiger partial charge in [-0.05, 0) is 30.7 Å². The van der Waals surface area contributed by atoms with Gasteiger partial charge >= 0.3 is 5.97 Å². The van der Waals surface area contributed by atoms with E-state index in [1.165, 1.54) is 16.7 Å². The summed E-state index contributed by atoms with van der Waals surface area (Å²) in [6.07, 6.45) is 0. The van der Waals surface area contributed by atoms with Gasteiger partial charge < -0.3 is 10.4 Å².